The van der Waals surface area contributed by atoms with E-state index >= 15 is 0 Å². The molecule has 1 saturated heterocycles. The first kappa shape index (κ1) is 18.1. The van der Waals surface area contributed by atoms with Crippen LogP contribution in [0, 0.1) is 0 Å². The lowest BCUT2D eigenvalue weighted by molar-refractivity contribution is 0.0691. The molecule has 0 aliphatic carbocycles. The molecule has 0 atom stereocenters. The Balaban J connectivity index is 1.84. The molecule has 0 radical (unpaired) electrons. The monoisotopic (exact) mass is 377 g/mol. The molecule has 2 heterocycles. The Bertz CT molecular complexity index is 931. The number of sulfonamides is 1. The number of carbonyl (C=O) groups is 2. The smallest absolute Gasteiger partial charge is 0.274 e. The molecule has 2 aromatic rings. The number of benzene rings is 1. The predicted octanol–water partition coefficient (Wildman–Crippen LogP) is -0.311. The summed E-state index contributed by atoms with van der Waals surface area (Å²) in [5.74, 6) is -1.06. The first-order valence-corrected chi connectivity index (χ1v) is 9.82. The Morgan fingerprint density at radius 2 is 1.69 bits per heavy atom. The van der Waals surface area contributed by atoms with E-state index in [0.717, 1.165) is 6.26 Å². The van der Waals surface area contributed by atoms with Crippen LogP contribution in [0.4, 0.5) is 0 Å². The Morgan fingerprint density at radius 1 is 1.08 bits per heavy atom. The Labute approximate surface area is 151 Å². The molecule has 0 spiro atoms. The van der Waals surface area contributed by atoms with E-state index in [1.807, 2.05) is 6.07 Å². The van der Waals surface area contributed by atoms with Crippen molar-refractivity contribution in [1.82, 2.24) is 19.0 Å². The van der Waals surface area contributed by atoms with Gasteiger partial charge in [-0.25, -0.2) is 13.1 Å². The molecule has 1 aromatic heterocycles. The molecular formula is C16H19N5O4S. The summed E-state index contributed by atoms with van der Waals surface area (Å²) in [4.78, 5) is 25.9. The SMILES string of the molecule is CS(=O)(=O)N1CCN(C(=O)c2cc(C(N)=O)n(-c3ccccc3)n2)CC1. The van der Waals surface area contributed by atoms with Gasteiger partial charge in [0, 0.05) is 32.2 Å². The maximum Gasteiger partial charge on any atom is 0.274 e. The lowest BCUT2D eigenvalue weighted by atomic mass is 10.2. The summed E-state index contributed by atoms with van der Waals surface area (Å²) >= 11 is 0. The van der Waals surface area contributed by atoms with Gasteiger partial charge in [-0.1, -0.05) is 18.2 Å². The molecule has 138 valence electrons. The Morgan fingerprint density at radius 3 is 2.23 bits per heavy atom. The average molecular weight is 377 g/mol. The summed E-state index contributed by atoms with van der Waals surface area (Å²) < 4.78 is 25.8. The van der Waals surface area contributed by atoms with Gasteiger partial charge in [0.1, 0.15) is 5.69 Å². The van der Waals surface area contributed by atoms with Crippen molar-refractivity contribution in [3.8, 4) is 5.69 Å². The van der Waals surface area contributed by atoms with Crippen LogP contribution < -0.4 is 5.73 Å². The van der Waals surface area contributed by atoms with E-state index < -0.39 is 15.9 Å². The summed E-state index contributed by atoms with van der Waals surface area (Å²) in [6.07, 6.45) is 1.14. The lowest BCUT2D eigenvalue weighted by Crippen LogP contribution is -2.50. The number of primary amides is 1. The van der Waals surface area contributed by atoms with Crippen LogP contribution in [0.15, 0.2) is 36.4 Å². The fourth-order valence-corrected chi connectivity index (χ4v) is 3.64. The standard InChI is InChI=1S/C16H19N5O4S/c1-26(24,25)20-9-7-19(8-10-20)16(23)13-11-14(15(17)22)21(18-13)12-5-3-2-4-6-12/h2-6,11H,7-10H2,1H3,(H2,17,22). The van der Waals surface area contributed by atoms with Crippen molar-refractivity contribution in [3.05, 3.63) is 47.8 Å². The second-order valence-corrected chi connectivity index (χ2v) is 7.96. The van der Waals surface area contributed by atoms with E-state index in [1.165, 1.54) is 20.0 Å². The van der Waals surface area contributed by atoms with Crippen molar-refractivity contribution in [3.63, 3.8) is 0 Å². The van der Waals surface area contributed by atoms with E-state index in [0.29, 0.717) is 5.69 Å². The van der Waals surface area contributed by atoms with Crippen LogP contribution in [0.5, 0.6) is 0 Å². The lowest BCUT2D eigenvalue weighted by Gasteiger charge is -2.32. The number of nitrogens with zero attached hydrogens (tertiary/aromatic N) is 4. The van der Waals surface area contributed by atoms with E-state index in [-0.39, 0.29) is 43.5 Å². The second kappa shape index (κ2) is 6.89. The first-order valence-electron chi connectivity index (χ1n) is 7.97. The number of nitrogens with two attached hydrogens (primary N) is 1. The number of aromatic nitrogens is 2. The fourth-order valence-electron chi connectivity index (χ4n) is 2.81. The van der Waals surface area contributed by atoms with Crippen LogP contribution in [-0.2, 0) is 10.0 Å². The highest BCUT2D eigenvalue weighted by molar-refractivity contribution is 7.88. The highest BCUT2D eigenvalue weighted by Gasteiger charge is 2.28. The van der Waals surface area contributed by atoms with Crippen molar-refractivity contribution in [2.24, 2.45) is 5.73 Å². The number of rotatable bonds is 4. The summed E-state index contributed by atoms with van der Waals surface area (Å²) in [6.45, 7) is 0.977. The molecule has 0 bridgehead atoms. The Kier molecular flexibility index (Phi) is 4.79. The summed E-state index contributed by atoms with van der Waals surface area (Å²) in [5, 5.41) is 4.24. The number of hydrogen-bond donors (Lipinski definition) is 1. The van der Waals surface area contributed by atoms with Gasteiger partial charge in [0.2, 0.25) is 10.0 Å². The van der Waals surface area contributed by atoms with Gasteiger partial charge < -0.3 is 10.6 Å². The average Bonchev–Trinajstić information content (AvgIpc) is 3.07. The van der Waals surface area contributed by atoms with Crippen molar-refractivity contribution in [2.75, 3.05) is 32.4 Å². The van der Waals surface area contributed by atoms with Crippen LogP contribution in [-0.4, -0.2) is 71.7 Å². The van der Waals surface area contributed by atoms with E-state index in [1.54, 1.807) is 24.3 Å². The third-order valence-corrected chi connectivity index (χ3v) is 5.48. The molecule has 1 aromatic carbocycles. The zero-order valence-electron chi connectivity index (χ0n) is 14.2. The zero-order chi connectivity index (χ0) is 18.9. The molecule has 0 unspecified atom stereocenters. The van der Waals surface area contributed by atoms with Crippen LogP contribution in [0.25, 0.3) is 5.69 Å². The summed E-state index contributed by atoms with van der Waals surface area (Å²) in [5.41, 5.74) is 6.22. The molecule has 1 fully saturated rings. The van der Waals surface area contributed by atoms with Crippen LogP contribution >= 0.6 is 0 Å². The first-order chi connectivity index (χ1) is 12.3. The maximum absolute atomic E-state index is 12.7. The van der Waals surface area contributed by atoms with E-state index in [2.05, 4.69) is 5.10 Å². The van der Waals surface area contributed by atoms with Gasteiger partial charge in [0.05, 0.1) is 11.9 Å². The second-order valence-electron chi connectivity index (χ2n) is 5.98. The zero-order valence-corrected chi connectivity index (χ0v) is 15.0. The van der Waals surface area contributed by atoms with Crippen LogP contribution in [0.1, 0.15) is 21.0 Å². The van der Waals surface area contributed by atoms with Gasteiger partial charge in [-0.2, -0.15) is 9.40 Å². The van der Waals surface area contributed by atoms with Crippen molar-refractivity contribution in [2.45, 2.75) is 0 Å². The van der Waals surface area contributed by atoms with Gasteiger partial charge in [-0.05, 0) is 12.1 Å². The van der Waals surface area contributed by atoms with E-state index in [9.17, 15) is 18.0 Å². The summed E-state index contributed by atoms with van der Waals surface area (Å²) in [6, 6.07) is 10.3. The van der Waals surface area contributed by atoms with Gasteiger partial charge in [-0.15, -0.1) is 0 Å². The van der Waals surface area contributed by atoms with Gasteiger partial charge in [-0.3, -0.25) is 9.59 Å². The van der Waals surface area contributed by atoms with E-state index in [4.69, 9.17) is 5.73 Å². The molecule has 1 aliphatic rings. The third kappa shape index (κ3) is 3.60. The topological polar surface area (TPSA) is 119 Å². The normalized spacial score (nSPS) is 15.8. The predicted molar refractivity (Wildman–Crippen MR) is 94.4 cm³/mol. The molecule has 1 aliphatic heterocycles. The van der Waals surface area contributed by atoms with Crippen molar-refractivity contribution >= 4 is 21.8 Å². The maximum atomic E-state index is 12.7. The quantitative estimate of drug-likeness (QED) is 0.784. The Hall–Kier alpha value is -2.72. The molecule has 9 nitrogen and oxygen atoms in total. The minimum absolute atomic E-state index is 0.0930. The number of hydrogen-bond acceptors (Lipinski definition) is 5. The number of piperazine rings is 1. The van der Waals surface area contributed by atoms with Gasteiger partial charge >= 0.3 is 0 Å². The molecular weight excluding hydrogens is 358 g/mol. The minimum atomic E-state index is -3.28. The number of amides is 2. The largest absolute Gasteiger partial charge is 0.364 e. The molecule has 0 saturated carbocycles. The highest BCUT2D eigenvalue weighted by Crippen LogP contribution is 2.15. The van der Waals surface area contributed by atoms with Gasteiger partial charge in [0.15, 0.2) is 5.69 Å². The summed E-state index contributed by atoms with van der Waals surface area (Å²) in [7, 11) is -3.28. The molecule has 26 heavy (non-hydrogen) atoms. The minimum Gasteiger partial charge on any atom is -0.364 e. The number of carbonyl (C=O) groups excluding carboxylic acids is 2. The molecule has 3 rings (SSSR count). The number of para-hydroxylation sites is 1. The molecule has 2 N–H and O–H groups in total. The molecule has 10 heteroatoms. The van der Waals surface area contributed by atoms with Gasteiger partial charge in [0.25, 0.3) is 11.8 Å². The van der Waals surface area contributed by atoms with Crippen LogP contribution in [0.3, 0.4) is 0 Å². The molecule has 2 amide bonds. The fraction of sp³-hybridized carbons (Fsp3) is 0.312. The highest BCUT2D eigenvalue weighted by atomic mass is 32.2. The third-order valence-electron chi connectivity index (χ3n) is 4.18. The van der Waals surface area contributed by atoms with Crippen molar-refractivity contribution < 1.29 is 18.0 Å². The van der Waals surface area contributed by atoms with Crippen LogP contribution in [0.2, 0.25) is 0 Å². The van der Waals surface area contributed by atoms with Crippen molar-refractivity contribution in [1.29, 1.82) is 0 Å².